The van der Waals surface area contributed by atoms with Gasteiger partial charge in [-0.05, 0) is 44.4 Å². The largest absolute Gasteiger partial charge is 0.337 e. The van der Waals surface area contributed by atoms with E-state index in [4.69, 9.17) is 0 Å². The van der Waals surface area contributed by atoms with Crippen LogP contribution < -0.4 is 0 Å². The fourth-order valence-electron chi connectivity index (χ4n) is 4.64. The van der Waals surface area contributed by atoms with Crippen molar-refractivity contribution in [3.05, 3.63) is 0 Å². The molecule has 0 bridgehead atoms. The number of amides is 1. The molecular weight excluding hydrogens is 234 g/mol. The van der Waals surface area contributed by atoms with Crippen molar-refractivity contribution in [3.8, 4) is 0 Å². The highest BCUT2D eigenvalue weighted by molar-refractivity contribution is 5.77. The summed E-state index contributed by atoms with van der Waals surface area (Å²) in [6, 6.07) is 1.19. The zero-order valence-corrected chi connectivity index (χ0v) is 12.3. The molecule has 0 radical (unpaired) electrons. The molecule has 0 aromatic carbocycles. The number of nitrogens with zero attached hydrogens (tertiary/aromatic N) is 1. The molecule has 0 aromatic heterocycles. The maximum atomic E-state index is 12.8. The first kappa shape index (κ1) is 13.5. The van der Waals surface area contributed by atoms with Gasteiger partial charge in [-0.25, -0.2) is 0 Å². The summed E-state index contributed by atoms with van der Waals surface area (Å²) in [7, 11) is 0. The Morgan fingerprint density at radius 1 is 0.737 bits per heavy atom. The monoisotopic (exact) mass is 263 g/mol. The molecule has 0 heterocycles. The smallest absolute Gasteiger partial charge is 0.223 e. The van der Waals surface area contributed by atoms with Crippen molar-refractivity contribution in [1.29, 1.82) is 0 Å². The Morgan fingerprint density at radius 3 is 1.63 bits per heavy atom. The van der Waals surface area contributed by atoms with Gasteiger partial charge < -0.3 is 4.90 Å². The first-order valence-electron chi connectivity index (χ1n) is 8.66. The molecule has 0 saturated heterocycles. The average Bonchev–Trinajstić information content (AvgIpc) is 3.11. The minimum atomic E-state index is 0.505. The van der Waals surface area contributed by atoms with Crippen molar-refractivity contribution in [3.63, 3.8) is 0 Å². The SMILES string of the molecule is O=C(CC1CCCC1)N(C1CCCC1)C1CCCC1. The van der Waals surface area contributed by atoms with Crippen LogP contribution in [0.25, 0.3) is 0 Å². The van der Waals surface area contributed by atoms with Gasteiger partial charge in [0.25, 0.3) is 0 Å². The van der Waals surface area contributed by atoms with Crippen LogP contribution in [0.15, 0.2) is 0 Å². The minimum absolute atomic E-state index is 0.505. The molecule has 0 atom stereocenters. The van der Waals surface area contributed by atoms with Crippen LogP contribution in [0.4, 0.5) is 0 Å². The van der Waals surface area contributed by atoms with Gasteiger partial charge in [0.15, 0.2) is 0 Å². The molecule has 0 aromatic rings. The predicted octanol–water partition coefficient (Wildman–Crippen LogP) is 4.28. The second-order valence-corrected chi connectivity index (χ2v) is 7.03. The van der Waals surface area contributed by atoms with E-state index in [2.05, 4.69) is 4.90 Å². The topological polar surface area (TPSA) is 20.3 Å². The summed E-state index contributed by atoms with van der Waals surface area (Å²) >= 11 is 0. The number of carbonyl (C=O) groups is 1. The van der Waals surface area contributed by atoms with Crippen molar-refractivity contribution in [2.24, 2.45) is 5.92 Å². The molecule has 2 heteroatoms. The molecule has 2 nitrogen and oxygen atoms in total. The van der Waals surface area contributed by atoms with Gasteiger partial charge in [0, 0.05) is 18.5 Å². The van der Waals surface area contributed by atoms with Crippen LogP contribution in [0.2, 0.25) is 0 Å². The van der Waals surface area contributed by atoms with E-state index >= 15 is 0 Å². The van der Waals surface area contributed by atoms with Crippen molar-refractivity contribution in [1.82, 2.24) is 4.90 Å². The molecule has 1 amide bonds. The Balaban J connectivity index is 1.64. The van der Waals surface area contributed by atoms with E-state index in [1.807, 2.05) is 0 Å². The zero-order chi connectivity index (χ0) is 13.1. The molecule has 3 saturated carbocycles. The van der Waals surface area contributed by atoms with Gasteiger partial charge >= 0.3 is 0 Å². The summed E-state index contributed by atoms with van der Waals surface area (Å²) in [5, 5.41) is 0. The molecule has 3 rings (SSSR count). The molecule has 3 aliphatic rings. The highest BCUT2D eigenvalue weighted by Gasteiger charge is 2.34. The van der Waals surface area contributed by atoms with Crippen molar-refractivity contribution < 1.29 is 4.79 Å². The maximum Gasteiger partial charge on any atom is 0.223 e. The van der Waals surface area contributed by atoms with Crippen molar-refractivity contribution >= 4 is 5.91 Å². The van der Waals surface area contributed by atoms with Gasteiger partial charge in [-0.15, -0.1) is 0 Å². The summed E-state index contributed by atoms with van der Waals surface area (Å²) < 4.78 is 0. The highest BCUT2D eigenvalue weighted by atomic mass is 16.2. The van der Waals surface area contributed by atoms with E-state index in [1.54, 1.807) is 0 Å². The third kappa shape index (κ3) is 3.14. The molecule has 108 valence electrons. The summed E-state index contributed by atoms with van der Waals surface area (Å²) in [6.07, 6.45) is 16.6. The van der Waals surface area contributed by atoms with Crippen LogP contribution in [0.5, 0.6) is 0 Å². The van der Waals surface area contributed by atoms with Gasteiger partial charge in [0.2, 0.25) is 5.91 Å². The molecule has 0 unspecified atom stereocenters. The number of hydrogen-bond acceptors (Lipinski definition) is 1. The Morgan fingerprint density at radius 2 is 1.16 bits per heavy atom. The second-order valence-electron chi connectivity index (χ2n) is 7.03. The summed E-state index contributed by atoms with van der Waals surface area (Å²) in [5.74, 6) is 1.21. The Labute approximate surface area is 117 Å². The van der Waals surface area contributed by atoms with E-state index in [1.165, 1.54) is 77.0 Å². The van der Waals surface area contributed by atoms with Gasteiger partial charge in [0.1, 0.15) is 0 Å². The second kappa shape index (κ2) is 6.28. The number of carbonyl (C=O) groups excluding carboxylic acids is 1. The lowest BCUT2D eigenvalue weighted by atomic mass is 10.0. The highest BCUT2D eigenvalue weighted by Crippen LogP contribution is 2.34. The van der Waals surface area contributed by atoms with E-state index < -0.39 is 0 Å². The van der Waals surface area contributed by atoms with Gasteiger partial charge in [-0.2, -0.15) is 0 Å². The van der Waals surface area contributed by atoms with Crippen molar-refractivity contribution in [2.75, 3.05) is 0 Å². The fraction of sp³-hybridized carbons (Fsp3) is 0.941. The molecule has 3 fully saturated rings. The van der Waals surface area contributed by atoms with Gasteiger partial charge in [-0.3, -0.25) is 4.79 Å². The Bertz CT molecular complexity index is 280. The fourth-order valence-corrected chi connectivity index (χ4v) is 4.64. The van der Waals surface area contributed by atoms with Crippen molar-refractivity contribution in [2.45, 2.75) is 95.6 Å². The Kier molecular flexibility index (Phi) is 4.45. The quantitative estimate of drug-likeness (QED) is 0.741. The van der Waals surface area contributed by atoms with Gasteiger partial charge in [0.05, 0.1) is 0 Å². The first-order chi connectivity index (χ1) is 9.34. The lowest BCUT2D eigenvalue weighted by Gasteiger charge is -2.35. The number of rotatable bonds is 4. The van der Waals surface area contributed by atoms with Crippen LogP contribution in [0.1, 0.15) is 83.5 Å². The normalized spacial score (nSPS) is 26.3. The van der Waals surface area contributed by atoms with Gasteiger partial charge in [-0.1, -0.05) is 38.5 Å². The number of hydrogen-bond donors (Lipinski definition) is 0. The van der Waals surface area contributed by atoms with Crippen LogP contribution in [0, 0.1) is 5.92 Å². The average molecular weight is 263 g/mol. The van der Waals surface area contributed by atoms with E-state index in [9.17, 15) is 4.79 Å². The maximum absolute atomic E-state index is 12.8. The Hall–Kier alpha value is -0.530. The molecule has 0 spiro atoms. The lowest BCUT2D eigenvalue weighted by Crippen LogP contribution is -2.45. The molecule has 0 aliphatic heterocycles. The molecule has 19 heavy (non-hydrogen) atoms. The molecule has 0 N–H and O–H groups in total. The van der Waals surface area contributed by atoms with Crippen LogP contribution in [-0.4, -0.2) is 22.9 Å². The molecule has 3 aliphatic carbocycles. The van der Waals surface area contributed by atoms with E-state index in [-0.39, 0.29) is 0 Å². The zero-order valence-electron chi connectivity index (χ0n) is 12.3. The van der Waals surface area contributed by atoms with Crippen LogP contribution >= 0.6 is 0 Å². The summed E-state index contributed by atoms with van der Waals surface area (Å²) in [6.45, 7) is 0. The van der Waals surface area contributed by atoms with E-state index in [0.29, 0.717) is 23.9 Å². The van der Waals surface area contributed by atoms with Crippen LogP contribution in [-0.2, 0) is 4.79 Å². The summed E-state index contributed by atoms with van der Waals surface area (Å²) in [5.41, 5.74) is 0. The first-order valence-corrected chi connectivity index (χ1v) is 8.66. The predicted molar refractivity (Wildman–Crippen MR) is 77.9 cm³/mol. The van der Waals surface area contributed by atoms with Crippen LogP contribution in [0.3, 0.4) is 0 Å². The third-order valence-corrected chi connectivity index (χ3v) is 5.66. The lowest BCUT2D eigenvalue weighted by molar-refractivity contribution is -0.137. The minimum Gasteiger partial charge on any atom is -0.337 e. The standard InChI is InChI=1S/C17H29NO/c19-17(13-14-7-1-2-8-14)18(15-9-3-4-10-15)16-11-5-6-12-16/h14-16H,1-13H2. The summed E-state index contributed by atoms with van der Waals surface area (Å²) in [4.78, 5) is 15.2. The third-order valence-electron chi connectivity index (χ3n) is 5.66. The molecular formula is C17H29NO. The van der Waals surface area contributed by atoms with E-state index in [0.717, 1.165) is 6.42 Å².